The summed E-state index contributed by atoms with van der Waals surface area (Å²) in [6.45, 7) is 8.90. The van der Waals surface area contributed by atoms with Gasteiger partial charge in [0, 0.05) is 19.2 Å². The first kappa shape index (κ1) is 26.4. The molecule has 172 valence electrons. The highest BCUT2D eigenvalue weighted by Crippen LogP contribution is 2.15. The predicted molar refractivity (Wildman–Crippen MR) is 118 cm³/mol. The van der Waals surface area contributed by atoms with Gasteiger partial charge >= 0.3 is 0 Å². The summed E-state index contributed by atoms with van der Waals surface area (Å²) in [5, 5.41) is 2.71. The van der Waals surface area contributed by atoms with Crippen molar-refractivity contribution in [1.29, 1.82) is 0 Å². The summed E-state index contributed by atoms with van der Waals surface area (Å²) in [6, 6.07) is 7.22. The SMILES string of the molecule is CCCCCCCOCCOCCOCCOCCOc1ccc(NC(C)=O)cc1. The van der Waals surface area contributed by atoms with Gasteiger partial charge in [-0.1, -0.05) is 32.6 Å². The molecule has 0 saturated heterocycles. The molecule has 0 aromatic heterocycles. The van der Waals surface area contributed by atoms with Crippen molar-refractivity contribution in [3.63, 3.8) is 0 Å². The molecule has 30 heavy (non-hydrogen) atoms. The lowest BCUT2D eigenvalue weighted by molar-refractivity contribution is -0.114. The third-order valence-corrected chi connectivity index (χ3v) is 4.18. The van der Waals surface area contributed by atoms with Crippen molar-refractivity contribution in [2.24, 2.45) is 0 Å². The molecule has 7 heteroatoms. The van der Waals surface area contributed by atoms with E-state index in [-0.39, 0.29) is 5.91 Å². The number of ether oxygens (including phenoxy) is 5. The maximum atomic E-state index is 11.0. The number of rotatable bonds is 20. The molecule has 7 nitrogen and oxygen atoms in total. The Morgan fingerprint density at radius 3 is 1.73 bits per heavy atom. The van der Waals surface area contributed by atoms with Gasteiger partial charge in [-0.25, -0.2) is 0 Å². The van der Waals surface area contributed by atoms with E-state index in [1.807, 2.05) is 12.1 Å². The second-order valence-corrected chi connectivity index (χ2v) is 6.92. The zero-order valence-electron chi connectivity index (χ0n) is 18.7. The summed E-state index contributed by atoms with van der Waals surface area (Å²) < 4.78 is 27.5. The first-order valence-electron chi connectivity index (χ1n) is 11.0. The van der Waals surface area contributed by atoms with Crippen LogP contribution in [0, 0.1) is 0 Å². The smallest absolute Gasteiger partial charge is 0.221 e. The van der Waals surface area contributed by atoms with Gasteiger partial charge in [-0.2, -0.15) is 0 Å². The molecule has 1 aromatic carbocycles. The Morgan fingerprint density at radius 1 is 0.700 bits per heavy atom. The average Bonchev–Trinajstić information content (AvgIpc) is 2.73. The maximum absolute atomic E-state index is 11.0. The minimum Gasteiger partial charge on any atom is -0.491 e. The maximum Gasteiger partial charge on any atom is 0.221 e. The molecule has 0 saturated carbocycles. The molecule has 0 heterocycles. The summed E-state index contributed by atoms with van der Waals surface area (Å²) >= 11 is 0. The molecule has 1 aromatic rings. The highest BCUT2D eigenvalue weighted by atomic mass is 16.6. The predicted octanol–water partition coefficient (Wildman–Crippen LogP) is 4.06. The molecule has 1 N–H and O–H groups in total. The monoisotopic (exact) mass is 425 g/mol. The molecule has 0 aliphatic carbocycles. The van der Waals surface area contributed by atoms with Gasteiger partial charge in [0.25, 0.3) is 0 Å². The zero-order chi connectivity index (χ0) is 21.7. The van der Waals surface area contributed by atoms with E-state index in [4.69, 9.17) is 23.7 Å². The van der Waals surface area contributed by atoms with Crippen LogP contribution in [-0.4, -0.2) is 65.4 Å². The largest absolute Gasteiger partial charge is 0.491 e. The van der Waals surface area contributed by atoms with Crippen molar-refractivity contribution in [2.75, 3.05) is 64.8 Å². The minimum absolute atomic E-state index is 0.0941. The summed E-state index contributed by atoms with van der Waals surface area (Å²) in [7, 11) is 0. The van der Waals surface area contributed by atoms with Crippen LogP contribution in [0.2, 0.25) is 0 Å². The van der Waals surface area contributed by atoms with Crippen LogP contribution in [-0.2, 0) is 23.7 Å². The highest BCUT2D eigenvalue weighted by Gasteiger charge is 1.98. The fourth-order valence-electron chi connectivity index (χ4n) is 2.63. The van der Waals surface area contributed by atoms with E-state index in [1.165, 1.54) is 32.6 Å². The molecule has 0 unspecified atom stereocenters. The lowest BCUT2D eigenvalue weighted by Crippen LogP contribution is -2.14. The number of carbonyl (C=O) groups excluding carboxylic acids is 1. The molecule has 1 rings (SSSR count). The van der Waals surface area contributed by atoms with Gasteiger partial charge in [0.2, 0.25) is 5.91 Å². The third kappa shape index (κ3) is 16.2. The summed E-state index contributed by atoms with van der Waals surface area (Å²) in [5.74, 6) is 0.643. The molecule has 0 spiro atoms. The van der Waals surface area contributed by atoms with E-state index in [0.717, 1.165) is 24.5 Å². The van der Waals surface area contributed by atoms with Crippen molar-refractivity contribution < 1.29 is 28.5 Å². The van der Waals surface area contributed by atoms with Crippen molar-refractivity contribution in [1.82, 2.24) is 0 Å². The van der Waals surface area contributed by atoms with E-state index >= 15 is 0 Å². The van der Waals surface area contributed by atoms with Crippen molar-refractivity contribution in [3.8, 4) is 5.75 Å². The Hall–Kier alpha value is -1.67. The van der Waals surface area contributed by atoms with Crippen LogP contribution in [0.5, 0.6) is 5.75 Å². The van der Waals surface area contributed by atoms with Gasteiger partial charge in [0.1, 0.15) is 12.4 Å². The van der Waals surface area contributed by atoms with Crippen LogP contribution in [0.1, 0.15) is 46.0 Å². The Kier molecular flexibility index (Phi) is 17.0. The number of hydrogen-bond acceptors (Lipinski definition) is 6. The number of carbonyl (C=O) groups is 1. The van der Waals surface area contributed by atoms with Crippen LogP contribution in [0.3, 0.4) is 0 Å². The fraction of sp³-hybridized carbons (Fsp3) is 0.696. The van der Waals surface area contributed by atoms with Crippen molar-refractivity contribution in [2.45, 2.75) is 46.0 Å². The van der Waals surface area contributed by atoms with E-state index < -0.39 is 0 Å². The molecule has 0 atom stereocenters. The number of benzene rings is 1. The standard InChI is InChI=1S/C23H39NO6/c1-3-4-5-6-7-12-26-13-14-27-15-16-28-17-18-29-19-20-30-23-10-8-22(9-11-23)24-21(2)25/h8-11H,3-7,12-20H2,1-2H3,(H,24,25). The minimum atomic E-state index is -0.0941. The van der Waals surface area contributed by atoms with E-state index in [2.05, 4.69) is 12.2 Å². The first-order valence-corrected chi connectivity index (χ1v) is 11.0. The van der Waals surface area contributed by atoms with E-state index in [1.54, 1.807) is 12.1 Å². The molecule has 0 aliphatic heterocycles. The molecule has 1 amide bonds. The van der Waals surface area contributed by atoms with E-state index in [9.17, 15) is 4.79 Å². The molecular formula is C23H39NO6. The van der Waals surface area contributed by atoms with Gasteiger partial charge in [0.05, 0.1) is 46.2 Å². The van der Waals surface area contributed by atoms with Gasteiger partial charge in [-0.15, -0.1) is 0 Å². The lowest BCUT2D eigenvalue weighted by atomic mass is 10.2. The van der Waals surface area contributed by atoms with Crippen LogP contribution in [0.25, 0.3) is 0 Å². The molecule has 0 aliphatic rings. The Bertz CT molecular complexity index is 523. The van der Waals surface area contributed by atoms with Crippen LogP contribution < -0.4 is 10.1 Å². The van der Waals surface area contributed by atoms with Crippen molar-refractivity contribution >= 4 is 11.6 Å². The van der Waals surface area contributed by atoms with Crippen molar-refractivity contribution in [3.05, 3.63) is 24.3 Å². The normalized spacial score (nSPS) is 10.9. The van der Waals surface area contributed by atoms with Gasteiger partial charge in [-0.05, 0) is 30.7 Å². The van der Waals surface area contributed by atoms with Gasteiger partial charge in [-0.3, -0.25) is 4.79 Å². The number of amides is 1. The van der Waals surface area contributed by atoms with Crippen LogP contribution in [0.15, 0.2) is 24.3 Å². The number of nitrogens with one attached hydrogen (secondary N) is 1. The number of anilines is 1. The Labute approximate surface area is 181 Å². The van der Waals surface area contributed by atoms with E-state index in [0.29, 0.717) is 52.9 Å². The number of unbranched alkanes of at least 4 members (excludes halogenated alkanes) is 4. The van der Waals surface area contributed by atoms with Gasteiger partial charge in [0.15, 0.2) is 0 Å². The average molecular weight is 426 g/mol. The first-order chi connectivity index (χ1) is 14.7. The molecule has 0 bridgehead atoms. The quantitative estimate of drug-likeness (QED) is 0.318. The molecule has 0 radical (unpaired) electrons. The second-order valence-electron chi connectivity index (χ2n) is 6.92. The Morgan fingerprint density at radius 2 is 1.20 bits per heavy atom. The summed E-state index contributed by atoms with van der Waals surface area (Å²) in [5.41, 5.74) is 0.748. The molecular weight excluding hydrogens is 386 g/mol. The highest BCUT2D eigenvalue weighted by molar-refractivity contribution is 5.88. The Balaban J connectivity index is 1.79. The lowest BCUT2D eigenvalue weighted by Gasteiger charge is -2.09. The number of hydrogen-bond donors (Lipinski definition) is 1. The van der Waals surface area contributed by atoms with Crippen LogP contribution in [0.4, 0.5) is 5.69 Å². The van der Waals surface area contributed by atoms with Crippen LogP contribution >= 0.6 is 0 Å². The zero-order valence-corrected chi connectivity index (χ0v) is 18.7. The molecule has 0 fully saturated rings. The fourth-order valence-corrected chi connectivity index (χ4v) is 2.63. The van der Waals surface area contributed by atoms with Gasteiger partial charge < -0.3 is 29.0 Å². The second kappa shape index (κ2) is 19.3. The summed E-state index contributed by atoms with van der Waals surface area (Å²) in [4.78, 5) is 11.0. The summed E-state index contributed by atoms with van der Waals surface area (Å²) in [6.07, 6.45) is 6.29. The third-order valence-electron chi connectivity index (χ3n) is 4.18. The topological polar surface area (TPSA) is 75.2 Å².